The summed E-state index contributed by atoms with van der Waals surface area (Å²) in [6.45, 7) is 4.44. The quantitative estimate of drug-likeness (QED) is 0.689. The average Bonchev–Trinajstić information content (AvgIpc) is 2.63. The third-order valence-corrected chi connectivity index (χ3v) is 9.28. The molecule has 0 N–H and O–H groups in total. The van der Waals surface area contributed by atoms with E-state index < -0.39 is 14.6 Å². The topological polar surface area (TPSA) is 54.5 Å². The van der Waals surface area contributed by atoms with Crippen LogP contribution in [0.15, 0.2) is 33.6 Å². The van der Waals surface area contributed by atoms with Crippen LogP contribution in [-0.4, -0.2) is 37.1 Å². The Balaban J connectivity index is 1.75. The first kappa shape index (κ1) is 19.9. The molecule has 1 aromatic rings. The lowest BCUT2D eigenvalue weighted by Gasteiger charge is -2.45. The monoisotopic (exact) mass is 441 g/mol. The highest BCUT2D eigenvalue weighted by atomic mass is 79.9. The maximum atomic E-state index is 13.1. The van der Waals surface area contributed by atoms with Gasteiger partial charge < -0.3 is 4.90 Å². The molecule has 1 aliphatic heterocycles. The van der Waals surface area contributed by atoms with Crippen LogP contribution in [0.4, 0.5) is 0 Å². The second kappa shape index (κ2) is 7.27. The molecule has 3 rings (SSSR count). The molecule has 0 radical (unpaired) electrons. The van der Waals surface area contributed by atoms with Crippen molar-refractivity contribution in [2.75, 3.05) is 13.1 Å². The number of benzene rings is 1. The minimum Gasteiger partial charge on any atom is -0.341 e. The number of piperidine rings is 1. The van der Waals surface area contributed by atoms with E-state index in [0.29, 0.717) is 18.5 Å². The van der Waals surface area contributed by atoms with E-state index in [9.17, 15) is 13.2 Å². The van der Waals surface area contributed by atoms with Gasteiger partial charge in [-0.05, 0) is 69.2 Å². The molecular formula is C20H28BrNO3S. The van der Waals surface area contributed by atoms with Crippen LogP contribution in [0.25, 0.3) is 0 Å². The Bertz CT molecular complexity index is 755. The number of amides is 1. The summed E-state index contributed by atoms with van der Waals surface area (Å²) in [4.78, 5) is 15.1. The molecule has 1 amide bonds. The number of halogens is 1. The van der Waals surface area contributed by atoms with E-state index in [1.54, 1.807) is 29.2 Å². The number of likely N-dealkylation sites (tertiary alicyclic amines) is 1. The van der Waals surface area contributed by atoms with Crippen LogP contribution in [0.2, 0.25) is 0 Å². The molecule has 4 nitrogen and oxygen atoms in total. The number of sulfone groups is 1. The van der Waals surface area contributed by atoms with Crippen molar-refractivity contribution in [3.63, 3.8) is 0 Å². The molecule has 0 unspecified atom stereocenters. The zero-order chi connectivity index (χ0) is 19.0. The van der Waals surface area contributed by atoms with Gasteiger partial charge in [0.25, 0.3) is 0 Å². The van der Waals surface area contributed by atoms with Gasteiger partial charge in [-0.25, -0.2) is 8.42 Å². The summed E-state index contributed by atoms with van der Waals surface area (Å²) < 4.78 is 25.5. The van der Waals surface area contributed by atoms with Crippen LogP contribution >= 0.6 is 15.9 Å². The smallest absolute Gasteiger partial charge is 0.243 e. The zero-order valence-electron chi connectivity index (χ0n) is 15.6. The van der Waals surface area contributed by atoms with Crippen molar-refractivity contribution < 1.29 is 13.2 Å². The predicted molar refractivity (Wildman–Crippen MR) is 107 cm³/mol. The molecule has 1 saturated heterocycles. The van der Waals surface area contributed by atoms with Gasteiger partial charge in [0.15, 0.2) is 9.84 Å². The minimum atomic E-state index is -3.75. The molecule has 2 aliphatic rings. The van der Waals surface area contributed by atoms with Crippen molar-refractivity contribution in [1.82, 2.24) is 4.90 Å². The minimum absolute atomic E-state index is 0.194. The molecule has 144 valence electrons. The maximum absolute atomic E-state index is 13.1. The van der Waals surface area contributed by atoms with E-state index in [2.05, 4.69) is 15.9 Å². The SMILES string of the molecule is CC(C)(C(=O)N1CCC2(CCCCC2)CC1)S(=O)(=O)c1ccc(Br)cc1. The molecule has 1 aromatic carbocycles. The van der Waals surface area contributed by atoms with Crippen LogP contribution < -0.4 is 0 Å². The Morgan fingerprint density at radius 3 is 2.08 bits per heavy atom. The highest BCUT2D eigenvalue weighted by Gasteiger charge is 2.47. The normalized spacial score (nSPS) is 21.0. The van der Waals surface area contributed by atoms with Crippen LogP contribution in [0.1, 0.15) is 58.8 Å². The molecular weight excluding hydrogens is 414 g/mol. The third-order valence-electron chi connectivity index (χ3n) is 6.34. The fourth-order valence-corrected chi connectivity index (χ4v) is 6.10. The summed E-state index contributed by atoms with van der Waals surface area (Å²) in [6, 6.07) is 6.51. The van der Waals surface area contributed by atoms with Gasteiger partial charge in [0.05, 0.1) is 4.90 Å². The van der Waals surface area contributed by atoms with Gasteiger partial charge in [-0.1, -0.05) is 35.2 Å². The Morgan fingerprint density at radius 1 is 1.00 bits per heavy atom. The summed E-state index contributed by atoms with van der Waals surface area (Å²) in [5.41, 5.74) is 0.393. The lowest BCUT2D eigenvalue weighted by atomic mass is 9.68. The van der Waals surface area contributed by atoms with E-state index in [1.165, 1.54) is 46.0 Å². The summed E-state index contributed by atoms with van der Waals surface area (Å²) in [7, 11) is -3.75. The first-order valence-electron chi connectivity index (χ1n) is 9.48. The maximum Gasteiger partial charge on any atom is 0.243 e. The summed E-state index contributed by atoms with van der Waals surface area (Å²) >= 11 is 3.32. The largest absolute Gasteiger partial charge is 0.341 e. The second-order valence-corrected chi connectivity index (χ2v) is 11.7. The molecule has 6 heteroatoms. The predicted octanol–water partition coefficient (Wildman–Crippen LogP) is 4.57. The van der Waals surface area contributed by atoms with E-state index >= 15 is 0 Å². The van der Waals surface area contributed by atoms with Crippen LogP contribution in [-0.2, 0) is 14.6 Å². The van der Waals surface area contributed by atoms with Gasteiger partial charge in [0.1, 0.15) is 4.75 Å². The first-order chi connectivity index (χ1) is 12.2. The van der Waals surface area contributed by atoms with Crippen LogP contribution in [0, 0.1) is 5.41 Å². The standard InChI is InChI=1S/C20H28BrNO3S/c1-19(2,26(24,25)17-8-6-16(21)7-9-17)18(23)22-14-12-20(13-15-22)10-4-3-5-11-20/h6-9H,3-5,10-15H2,1-2H3. The van der Waals surface area contributed by atoms with Gasteiger partial charge in [-0.15, -0.1) is 0 Å². The highest BCUT2D eigenvalue weighted by Crippen LogP contribution is 2.45. The van der Waals surface area contributed by atoms with Crippen molar-refractivity contribution in [3.05, 3.63) is 28.7 Å². The molecule has 1 heterocycles. The molecule has 2 fully saturated rings. The summed E-state index contributed by atoms with van der Waals surface area (Å²) in [6.07, 6.45) is 8.43. The van der Waals surface area contributed by atoms with Gasteiger partial charge in [-0.2, -0.15) is 0 Å². The number of nitrogens with zero attached hydrogens (tertiary/aromatic N) is 1. The number of hydrogen-bond donors (Lipinski definition) is 0. The molecule has 0 aromatic heterocycles. The number of hydrogen-bond acceptors (Lipinski definition) is 3. The summed E-state index contributed by atoms with van der Waals surface area (Å²) in [5, 5.41) is 0. The van der Waals surface area contributed by atoms with E-state index in [0.717, 1.165) is 17.3 Å². The zero-order valence-corrected chi connectivity index (χ0v) is 18.0. The van der Waals surface area contributed by atoms with Crippen molar-refractivity contribution in [2.24, 2.45) is 5.41 Å². The first-order valence-corrected chi connectivity index (χ1v) is 11.8. The third kappa shape index (κ3) is 3.59. The fourth-order valence-electron chi connectivity index (χ4n) is 4.39. The number of carbonyl (C=O) groups is 1. The molecule has 0 bridgehead atoms. The van der Waals surface area contributed by atoms with Gasteiger partial charge in [-0.3, -0.25) is 4.79 Å². The van der Waals surface area contributed by atoms with Crippen LogP contribution in [0.5, 0.6) is 0 Å². The van der Waals surface area contributed by atoms with Crippen molar-refractivity contribution >= 4 is 31.7 Å². The van der Waals surface area contributed by atoms with Gasteiger partial charge in [0, 0.05) is 17.6 Å². The Kier molecular flexibility index (Phi) is 5.55. The fraction of sp³-hybridized carbons (Fsp3) is 0.650. The highest BCUT2D eigenvalue weighted by molar-refractivity contribution is 9.10. The molecule has 1 saturated carbocycles. The number of rotatable bonds is 3. The van der Waals surface area contributed by atoms with E-state index in [4.69, 9.17) is 0 Å². The Labute approximate surface area is 165 Å². The van der Waals surface area contributed by atoms with Crippen LogP contribution in [0.3, 0.4) is 0 Å². The second-order valence-electron chi connectivity index (χ2n) is 8.32. The van der Waals surface area contributed by atoms with Crippen molar-refractivity contribution in [2.45, 2.75) is 68.4 Å². The van der Waals surface area contributed by atoms with E-state index in [1.807, 2.05) is 0 Å². The number of carbonyl (C=O) groups excluding carboxylic acids is 1. The van der Waals surface area contributed by atoms with Gasteiger partial charge >= 0.3 is 0 Å². The van der Waals surface area contributed by atoms with Crippen molar-refractivity contribution in [3.8, 4) is 0 Å². The molecule has 0 atom stereocenters. The Hall–Kier alpha value is -0.880. The molecule has 26 heavy (non-hydrogen) atoms. The Morgan fingerprint density at radius 2 is 1.54 bits per heavy atom. The van der Waals surface area contributed by atoms with Crippen molar-refractivity contribution in [1.29, 1.82) is 0 Å². The molecule has 1 aliphatic carbocycles. The lowest BCUT2D eigenvalue weighted by molar-refractivity contribution is -0.135. The van der Waals surface area contributed by atoms with E-state index in [-0.39, 0.29) is 10.8 Å². The summed E-state index contributed by atoms with van der Waals surface area (Å²) in [5.74, 6) is -0.272. The average molecular weight is 442 g/mol. The lowest BCUT2D eigenvalue weighted by Crippen LogP contribution is -2.53. The molecule has 1 spiro atoms. The van der Waals surface area contributed by atoms with Gasteiger partial charge in [0.2, 0.25) is 5.91 Å².